The van der Waals surface area contributed by atoms with Gasteiger partial charge in [0.2, 0.25) is 0 Å². The second-order valence-electron chi connectivity index (χ2n) is 5.37. The normalized spacial score (nSPS) is 21.1. The van der Waals surface area contributed by atoms with E-state index >= 15 is 0 Å². The lowest BCUT2D eigenvalue weighted by Gasteiger charge is -2.23. The van der Waals surface area contributed by atoms with E-state index in [1.807, 2.05) is 0 Å². The molecule has 2 unspecified atom stereocenters. The number of amides is 2. The van der Waals surface area contributed by atoms with Gasteiger partial charge < -0.3 is 20.1 Å². The molecule has 1 fully saturated rings. The lowest BCUT2D eigenvalue weighted by Crippen LogP contribution is -2.50. The maximum atomic E-state index is 12.1. The highest BCUT2D eigenvalue weighted by Crippen LogP contribution is 2.21. The van der Waals surface area contributed by atoms with Crippen LogP contribution in [0, 0.1) is 5.92 Å². The van der Waals surface area contributed by atoms with Crippen LogP contribution in [-0.4, -0.2) is 54.9 Å². The highest BCUT2D eigenvalue weighted by molar-refractivity contribution is 5.82. The number of methoxy groups -OCH3 is 1. The van der Waals surface area contributed by atoms with E-state index < -0.39 is 12.0 Å². The van der Waals surface area contributed by atoms with E-state index in [0.717, 1.165) is 19.3 Å². The standard InChI is InChI=1S/C14H26N2O4/c1-3-5-11-6-4-8-16(9-7-11)14(19)15-12(10-20-2)13(17)18/h11-12H,3-10H2,1-2H3,(H,15,19)(H,17,18). The Morgan fingerprint density at radius 3 is 2.75 bits per heavy atom. The van der Waals surface area contributed by atoms with Crippen LogP contribution >= 0.6 is 0 Å². The lowest BCUT2D eigenvalue weighted by atomic mass is 9.96. The maximum Gasteiger partial charge on any atom is 0.328 e. The Morgan fingerprint density at radius 2 is 2.15 bits per heavy atom. The summed E-state index contributed by atoms with van der Waals surface area (Å²) in [6, 6.07) is -1.28. The van der Waals surface area contributed by atoms with Crippen molar-refractivity contribution < 1.29 is 19.4 Å². The number of ether oxygens (including phenoxy) is 1. The van der Waals surface area contributed by atoms with Crippen LogP contribution in [0.5, 0.6) is 0 Å². The summed E-state index contributed by atoms with van der Waals surface area (Å²) in [5.41, 5.74) is 0. The Balaban J connectivity index is 2.48. The van der Waals surface area contributed by atoms with Crippen molar-refractivity contribution in [1.29, 1.82) is 0 Å². The van der Waals surface area contributed by atoms with E-state index in [9.17, 15) is 9.59 Å². The molecule has 6 heteroatoms. The number of hydrogen-bond acceptors (Lipinski definition) is 3. The number of nitrogens with one attached hydrogen (secondary N) is 1. The summed E-state index contributed by atoms with van der Waals surface area (Å²) in [7, 11) is 1.42. The predicted molar refractivity (Wildman–Crippen MR) is 75.7 cm³/mol. The van der Waals surface area contributed by atoms with Crippen LogP contribution in [0.1, 0.15) is 39.0 Å². The molecule has 0 aromatic rings. The molecule has 1 rings (SSSR count). The molecule has 0 aliphatic carbocycles. The average Bonchev–Trinajstić information content (AvgIpc) is 2.64. The molecule has 1 heterocycles. The second kappa shape index (κ2) is 8.79. The number of carbonyl (C=O) groups excluding carboxylic acids is 1. The summed E-state index contributed by atoms with van der Waals surface area (Å²) < 4.78 is 4.81. The van der Waals surface area contributed by atoms with Gasteiger partial charge in [-0.25, -0.2) is 9.59 Å². The van der Waals surface area contributed by atoms with Crippen LogP contribution in [0.4, 0.5) is 4.79 Å². The molecule has 2 N–H and O–H groups in total. The molecule has 20 heavy (non-hydrogen) atoms. The fraction of sp³-hybridized carbons (Fsp3) is 0.857. The monoisotopic (exact) mass is 286 g/mol. The Bertz CT molecular complexity index is 322. The summed E-state index contributed by atoms with van der Waals surface area (Å²) in [6.45, 7) is 3.56. The molecule has 0 bridgehead atoms. The molecule has 1 aliphatic heterocycles. The van der Waals surface area contributed by atoms with Gasteiger partial charge in [-0.15, -0.1) is 0 Å². The van der Waals surface area contributed by atoms with Gasteiger partial charge in [-0.3, -0.25) is 0 Å². The molecule has 116 valence electrons. The molecule has 0 radical (unpaired) electrons. The smallest absolute Gasteiger partial charge is 0.328 e. The van der Waals surface area contributed by atoms with E-state index in [-0.39, 0.29) is 12.6 Å². The minimum Gasteiger partial charge on any atom is -0.480 e. The third-order valence-electron chi connectivity index (χ3n) is 3.76. The van der Waals surface area contributed by atoms with Crippen LogP contribution in [0.15, 0.2) is 0 Å². The van der Waals surface area contributed by atoms with Crippen LogP contribution in [-0.2, 0) is 9.53 Å². The van der Waals surface area contributed by atoms with Crippen molar-refractivity contribution in [2.45, 2.75) is 45.1 Å². The molecule has 2 amide bonds. The quantitative estimate of drug-likeness (QED) is 0.779. The highest BCUT2D eigenvalue weighted by Gasteiger charge is 2.25. The number of nitrogens with zero attached hydrogens (tertiary/aromatic N) is 1. The Kier molecular flexibility index (Phi) is 7.36. The molecule has 1 saturated heterocycles. The van der Waals surface area contributed by atoms with Gasteiger partial charge in [0.15, 0.2) is 6.04 Å². The van der Waals surface area contributed by atoms with E-state index in [2.05, 4.69) is 12.2 Å². The number of urea groups is 1. The van der Waals surface area contributed by atoms with Crippen LogP contribution < -0.4 is 5.32 Å². The Hall–Kier alpha value is -1.30. The fourth-order valence-electron chi connectivity index (χ4n) is 2.65. The first kappa shape index (κ1) is 16.8. The van der Waals surface area contributed by atoms with Gasteiger partial charge >= 0.3 is 12.0 Å². The van der Waals surface area contributed by atoms with Gasteiger partial charge in [0.05, 0.1) is 6.61 Å². The average molecular weight is 286 g/mol. The number of carboxylic acids is 1. The Labute approximate surface area is 120 Å². The minimum absolute atomic E-state index is 0.0205. The lowest BCUT2D eigenvalue weighted by molar-refractivity contribution is -0.140. The number of hydrogen-bond donors (Lipinski definition) is 2. The van der Waals surface area contributed by atoms with Gasteiger partial charge in [0, 0.05) is 20.2 Å². The zero-order chi connectivity index (χ0) is 15.0. The van der Waals surface area contributed by atoms with Crippen LogP contribution in [0.3, 0.4) is 0 Å². The summed E-state index contributed by atoms with van der Waals surface area (Å²) in [5.74, 6) is -0.383. The van der Waals surface area contributed by atoms with Crippen molar-refractivity contribution in [2.24, 2.45) is 5.92 Å². The first-order valence-electron chi connectivity index (χ1n) is 7.35. The van der Waals surface area contributed by atoms with E-state index in [4.69, 9.17) is 9.84 Å². The van der Waals surface area contributed by atoms with Crippen molar-refractivity contribution in [3.8, 4) is 0 Å². The minimum atomic E-state index is -1.07. The fourth-order valence-corrected chi connectivity index (χ4v) is 2.65. The number of carboxylic acid groups (broad SMARTS) is 1. The molecule has 0 spiro atoms. The third kappa shape index (κ3) is 5.36. The van der Waals surface area contributed by atoms with Crippen molar-refractivity contribution in [2.75, 3.05) is 26.8 Å². The van der Waals surface area contributed by atoms with Gasteiger partial charge in [0.25, 0.3) is 0 Å². The van der Waals surface area contributed by atoms with E-state index in [1.165, 1.54) is 20.0 Å². The van der Waals surface area contributed by atoms with Gasteiger partial charge in [0.1, 0.15) is 0 Å². The zero-order valence-electron chi connectivity index (χ0n) is 12.4. The largest absolute Gasteiger partial charge is 0.480 e. The number of likely N-dealkylation sites (tertiary alicyclic amines) is 1. The first-order valence-corrected chi connectivity index (χ1v) is 7.35. The molecule has 0 aromatic heterocycles. The molecule has 2 atom stereocenters. The van der Waals surface area contributed by atoms with Crippen LogP contribution in [0.2, 0.25) is 0 Å². The number of rotatable bonds is 6. The summed E-state index contributed by atoms with van der Waals surface area (Å²) in [4.78, 5) is 24.8. The Morgan fingerprint density at radius 1 is 1.40 bits per heavy atom. The number of aliphatic carboxylic acids is 1. The second-order valence-corrected chi connectivity index (χ2v) is 5.37. The molecular formula is C14H26N2O4. The van der Waals surface area contributed by atoms with Crippen molar-refractivity contribution in [1.82, 2.24) is 10.2 Å². The predicted octanol–water partition coefficient (Wildman–Crippen LogP) is 1.70. The van der Waals surface area contributed by atoms with Crippen molar-refractivity contribution in [3.63, 3.8) is 0 Å². The molecule has 1 aliphatic rings. The number of carbonyl (C=O) groups is 2. The van der Waals surface area contributed by atoms with E-state index in [0.29, 0.717) is 19.0 Å². The molecular weight excluding hydrogens is 260 g/mol. The van der Waals surface area contributed by atoms with Crippen LogP contribution in [0.25, 0.3) is 0 Å². The molecule has 0 saturated carbocycles. The zero-order valence-corrected chi connectivity index (χ0v) is 12.4. The summed E-state index contributed by atoms with van der Waals surface area (Å²) >= 11 is 0. The van der Waals surface area contributed by atoms with Gasteiger partial charge in [-0.2, -0.15) is 0 Å². The van der Waals surface area contributed by atoms with Gasteiger partial charge in [-0.1, -0.05) is 19.8 Å². The highest BCUT2D eigenvalue weighted by atomic mass is 16.5. The SMILES string of the molecule is CCCC1CCCN(C(=O)NC(COC)C(=O)O)CC1. The van der Waals surface area contributed by atoms with Crippen molar-refractivity contribution in [3.05, 3.63) is 0 Å². The molecule has 0 aromatic carbocycles. The van der Waals surface area contributed by atoms with E-state index in [1.54, 1.807) is 4.90 Å². The first-order chi connectivity index (χ1) is 9.58. The summed E-state index contributed by atoms with van der Waals surface area (Å²) in [6.07, 6.45) is 5.52. The van der Waals surface area contributed by atoms with Gasteiger partial charge in [-0.05, 0) is 25.2 Å². The topological polar surface area (TPSA) is 78.9 Å². The third-order valence-corrected chi connectivity index (χ3v) is 3.76. The molecule has 6 nitrogen and oxygen atoms in total. The van der Waals surface area contributed by atoms with Crippen molar-refractivity contribution >= 4 is 12.0 Å². The summed E-state index contributed by atoms with van der Waals surface area (Å²) in [5, 5.41) is 11.5. The maximum absolute atomic E-state index is 12.1.